The highest BCUT2D eigenvalue weighted by Gasteiger charge is 2.19. The smallest absolute Gasteiger partial charge is 0.240 e. The Morgan fingerprint density at radius 2 is 1.81 bits per heavy atom. The van der Waals surface area contributed by atoms with Crippen molar-refractivity contribution in [3.05, 3.63) is 28.8 Å². The summed E-state index contributed by atoms with van der Waals surface area (Å²) in [6.07, 6.45) is 1.54. The maximum atomic E-state index is 12.4. The zero-order valence-electron chi connectivity index (χ0n) is 13.1. The molecule has 0 atom stereocenters. The average molecular weight is 333 g/mol. The molecule has 6 heteroatoms. The van der Waals surface area contributed by atoms with E-state index in [2.05, 4.69) is 10.0 Å². The van der Waals surface area contributed by atoms with Crippen LogP contribution in [0.4, 0.5) is 0 Å². The predicted octanol–water partition coefficient (Wildman–Crippen LogP) is 3.30. The van der Waals surface area contributed by atoms with Gasteiger partial charge in [0.25, 0.3) is 0 Å². The summed E-state index contributed by atoms with van der Waals surface area (Å²) < 4.78 is 27.5. The second kappa shape index (κ2) is 8.13. The van der Waals surface area contributed by atoms with Crippen molar-refractivity contribution in [2.75, 3.05) is 0 Å². The van der Waals surface area contributed by atoms with Gasteiger partial charge < -0.3 is 5.32 Å². The molecule has 0 aliphatic carbocycles. The molecule has 0 aliphatic rings. The summed E-state index contributed by atoms with van der Waals surface area (Å²) in [6.45, 7) is 8.55. The number of hydrogen-bond acceptors (Lipinski definition) is 3. The summed E-state index contributed by atoms with van der Waals surface area (Å²) in [4.78, 5) is 0.263. The molecule has 120 valence electrons. The lowest BCUT2D eigenvalue weighted by atomic mass is 10.2. The summed E-state index contributed by atoms with van der Waals surface area (Å²) in [5.41, 5.74) is 0.790. The van der Waals surface area contributed by atoms with Crippen molar-refractivity contribution in [3.63, 3.8) is 0 Å². The fourth-order valence-electron chi connectivity index (χ4n) is 1.91. The number of halogens is 1. The Kier molecular flexibility index (Phi) is 7.13. The van der Waals surface area contributed by atoms with E-state index in [4.69, 9.17) is 11.6 Å². The van der Waals surface area contributed by atoms with Crippen LogP contribution < -0.4 is 10.0 Å². The van der Waals surface area contributed by atoms with Crippen LogP contribution in [0.15, 0.2) is 23.1 Å². The Labute approximate surface area is 133 Å². The highest BCUT2D eigenvalue weighted by Crippen LogP contribution is 2.21. The Bertz CT molecular complexity index is 555. The number of hydrogen-bond donors (Lipinski definition) is 2. The molecule has 0 aliphatic heterocycles. The van der Waals surface area contributed by atoms with Crippen molar-refractivity contribution in [2.45, 2.75) is 64.1 Å². The van der Waals surface area contributed by atoms with Gasteiger partial charge in [-0.2, -0.15) is 0 Å². The molecule has 0 saturated carbocycles. The molecule has 0 amide bonds. The van der Waals surface area contributed by atoms with Crippen LogP contribution in [0.5, 0.6) is 0 Å². The molecule has 0 bridgehead atoms. The standard InChI is InChI=1S/C15H25ClN2O2S/c1-5-13(6-2)18-21(19,20)14-7-8-15(16)12(9-14)10-17-11(3)4/h7-9,11,13,17-18H,5-6,10H2,1-4H3. The molecule has 21 heavy (non-hydrogen) atoms. The highest BCUT2D eigenvalue weighted by molar-refractivity contribution is 7.89. The lowest BCUT2D eigenvalue weighted by Crippen LogP contribution is -2.34. The average Bonchev–Trinajstić information content (AvgIpc) is 2.43. The summed E-state index contributed by atoms with van der Waals surface area (Å²) >= 11 is 6.13. The van der Waals surface area contributed by atoms with Crippen molar-refractivity contribution in [3.8, 4) is 0 Å². The first-order valence-electron chi connectivity index (χ1n) is 7.34. The summed E-state index contributed by atoms with van der Waals surface area (Å²) in [7, 11) is -3.50. The van der Waals surface area contributed by atoms with E-state index >= 15 is 0 Å². The van der Waals surface area contributed by atoms with Gasteiger partial charge in [-0.1, -0.05) is 39.3 Å². The van der Waals surface area contributed by atoms with E-state index in [1.54, 1.807) is 18.2 Å². The van der Waals surface area contributed by atoms with Crippen LogP contribution in [0.25, 0.3) is 0 Å². The van der Waals surface area contributed by atoms with Gasteiger partial charge in [-0.15, -0.1) is 0 Å². The van der Waals surface area contributed by atoms with Crippen LogP contribution in [0.3, 0.4) is 0 Å². The highest BCUT2D eigenvalue weighted by atomic mass is 35.5. The van der Waals surface area contributed by atoms with Gasteiger partial charge in [0, 0.05) is 23.7 Å². The van der Waals surface area contributed by atoms with Crippen molar-refractivity contribution >= 4 is 21.6 Å². The third-order valence-corrected chi connectivity index (χ3v) is 5.22. The van der Waals surface area contributed by atoms with Gasteiger partial charge in [-0.3, -0.25) is 0 Å². The number of rotatable bonds is 8. The predicted molar refractivity (Wildman–Crippen MR) is 88.1 cm³/mol. The minimum absolute atomic E-state index is 0.0390. The van der Waals surface area contributed by atoms with Crippen LogP contribution in [0, 0.1) is 0 Å². The lowest BCUT2D eigenvalue weighted by Gasteiger charge is -2.16. The number of nitrogens with one attached hydrogen (secondary N) is 2. The minimum atomic E-state index is -3.50. The topological polar surface area (TPSA) is 58.2 Å². The second-order valence-electron chi connectivity index (χ2n) is 5.42. The maximum absolute atomic E-state index is 12.4. The van der Waals surface area contributed by atoms with Crippen molar-refractivity contribution in [1.29, 1.82) is 0 Å². The van der Waals surface area contributed by atoms with Crippen LogP contribution in [0.2, 0.25) is 5.02 Å². The third kappa shape index (κ3) is 5.58. The number of sulfonamides is 1. The lowest BCUT2D eigenvalue weighted by molar-refractivity contribution is 0.530. The van der Waals surface area contributed by atoms with Gasteiger partial charge >= 0.3 is 0 Å². The monoisotopic (exact) mass is 332 g/mol. The Hall–Kier alpha value is -0.620. The first kappa shape index (κ1) is 18.4. The first-order valence-corrected chi connectivity index (χ1v) is 9.20. The summed E-state index contributed by atoms with van der Waals surface area (Å²) in [5, 5.41) is 3.82. The van der Waals surface area contributed by atoms with E-state index in [0.29, 0.717) is 17.6 Å². The zero-order valence-corrected chi connectivity index (χ0v) is 14.7. The Morgan fingerprint density at radius 3 is 2.33 bits per heavy atom. The fourth-order valence-corrected chi connectivity index (χ4v) is 3.55. The molecular formula is C15H25ClN2O2S. The fraction of sp³-hybridized carbons (Fsp3) is 0.600. The molecule has 0 aromatic heterocycles. The van der Waals surface area contributed by atoms with E-state index in [1.807, 2.05) is 27.7 Å². The molecule has 0 saturated heterocycles. The van der Waals surface area contributed by atoms with E-state index in [9.17, 15) is 8.42 Å². The Morgan fingerprint density at radius 1 is 1.19 bits per heavy atom. The molecule has 2 N–H and O–H groups in total. The Balaban J connectivity index is 2.99. The van der Waals surface area contributed by atoms with Crippen LogP contribution >= 0.6 is 11.6 Å². The molecule has 0 unspecified atom stereocenters. The van der Waals surface area contributed by atoms with Gasteiger partial charge in [0.1, 0.15) is 0 Å². The van der Waals surface area contributed by atoms with Crippen LogP contribution in [0.1, 0.15) is 46.1 Å². The molecule has 4 nitrogen and oxygen atoms in total. The maximum Gasteiger partial charge on any atom is 0.240 e. The molecule has 0 fully saturated rings. The van der Waals surface area contributed by atoms with Crippen molar-refractivity contribution in [2.24, 2.45) is 0 Å². The van der Waals surface area contributed by atoms with Gasteiger partial charge in [0.2, 0.25) is 10.0 Å². The quantitative estimate of drug-likeness (QED) is 0.768. The van der Waals surface area contributed by atoms with Gasteiger partial charge in [-0.25, -0.2) is 13.1 Å². The van der Waals surface area contributed by atoms with Crippen LogP contribution in [-0.2, 0) is 16.6 Å². The van der Waals surface area contributed by atoms with Crippen molar-refractivity contribution in [1.82, 2.24) is 10.0 Å². The van der Waals surface area contributed by atoms with Crippen LogP contribution in [-0.4, -0.2) is 20.5 Å². The van der Waals surface area contributed by atoms with E-state index < -0.39 is 10.0 Å². The van der Waals surface area contributed by atoms with E-state index in [1.165, 1.54) is 0 Å². The summed E-state index contributed by atoms with van der Waals surface area (Å²) in [6, 6.07) is 5.10. The summed E-state index contributed by atoms with van der Waals surface area (Å²) in [5.74, 6) is 0. The number of benzene rings is 1. The molecule has 0 spiro atoms. The van der Waals surface area contributed by atoms with Crippen molar-refractivity contribution < 1.29 is 8.42 Å². The first-order chi connectivity index (χ1) is 9.80. The van der Waals surface area contributed by atoms with E-state index in [0.717, 1.165) is 18.4 Å². The zero-order chi connectivity index (χ0) is 16.0. The molecule has 1 rings (SSSR count). The van der Waals surface area contributed by atoms with Gasteiger partial charge in [0.05, 0.1) is 4.90 Å². The second-order valence-corrected chi connectivity index (χ2v) is 7.54. The van der Waals surface area contributed by atoms with E-state index in [-0.39, 0.29) is 10.9 Å². The normalized spacial score (nSPS) is 12.3. The minimum Gasteiger partial charge on any atom is -0.310 e. The molecule has 1 aromatic carbocycles. The molecule has 0 radical (unpaired) electrons. The largest absolute Gasteiger partial charge is 0.310 e. The van der Waals surface area contributed by atoms with Gasteiger partial charge in [-0.05, 0) is 36.6 Å². The molecule has 0 heterocycles. The third-order valence-electron chi connectivity index (χ3n) is 3.34. The molecular weight excluding hydrogens is 308 g/mol. The SMILES string of the molecule is CCC(CC)NS(=O)(=O)c1ccc(Cl)c(CNC(C)C)c1. The van der Waals surface area contributed by atoms with Gasteiger partial charge in [0.15, 0.2) is 0 Å². The molecule has 1 aromatic rings.